The second-order valence-electron chi connectivity index (χ2n) is 11.2. The van der Waals surface area contributed by atoms with Gasteiger partial charge in [0.05, 0.1) is 54.7 Å². The predicted molar refractivity (Wildman–Crippen MR) is 150 cm³/mol. The molecule has 5 rings (SSSR count). The number of carbonyl (C=O) groups is 3. The Kier molecular flexibility index (Phi) is 7.46. The predicted octanol–water partition coefficient (Wildman–Crippen LogP) is 1.92. The van der Waals surface area contributed by atoms with Gasteiger partial charge in [-0.3, -0.25) is 14.4 Å². The summed E-state index contributed by atoms with van der Waals surface area (Å²) >= 11 is 0. The van der Waals surface area contributed by atoms with E-state index in [0.717, 1.165) is 0 Å². The minimum atomic E-state index is -1.95. The van der Waals surface area contributed by atoms with Gasteiger partial charge in [0.25, 0.3) is 0 Å². The number of ketones is 3. The maximum absolute atomic E-state index is 14.6. The lowest BCUT2D eigenvalue weighted by atomic mass is 9.69. The van der Waals surface area contributed by atoms with Crippen LogP contribution in [0.4, 0.5) is 5.69 Å². The number of fused-ring (bicyclic) bond motifs is 2. The number of hydrogen-bond acceptors (Lipinski definition) is 11. The molecule has 0 aromatic heterocycles. The van der Waals surface area contributed by atoms with Crippen LogP contribution in [0.3, 0.4) is 0 Å². The van der Waals surface area contributed by atoms with Crippen molar-refractivity contribution in [1.29, 1.82) is 0 Å². The molecule has 1 aliphatic heterocycles. The highest BCUT2D eigenvalue weighted by atomic mass is 16.7. The van der Waals surface area contributed by atoms with Crippen LogP contribution in [0.2, 0.25) is 0 Å². The fourth-order valence-electron chi connectivity index (χ4n) is 6.30. The first-order valence-corrected chi connectivity index (χ1v) is 13.5. The average molecular weight is 569 g/mol. The number of Topliss-reactive ketones (excluding diaryl/α,β-unsaturated/α-hetero) is 3. The van der Waals surface area contributed by atoms with E-state index < -0.39 is 53.6 Å². The van der Waals surface area contributed by atoms with E-state index in [0.29, 0.717) is 22.2 Å². The molecular formula is C30H36N2O9. The normalized spacial score (nSPS) is 29.7. The van der Waals surface area contributed by atoms with Crippen LogP contribution in [-0.4, -0.2) is 92.1 Å². The molecule has 0 bridgehead atoms. The molecule has 1 heterocycles. The molecule has 2 aromatic carbocycles. The van der Waals surface area contributed by atoms with Gasteiger partial charge in [-0.15, -0.1) is 0 Å². The highest BCUT2D eigenvalue weighted by Gasteiger charge is 2.52. The third kappa shape index (κ3) is 4.52. The lowest BCUT2D eigenvalue weighted by Gasteiger charge is -2.43. The van der Waals surface area contributed by atoms with Gasteiger partial charge in [-0.1, -0.05) is 12.1 Å². The molecule has 2 aliphatic carbocycles. The van der Waals surface area contributed by atoms with Crippen molar-refractivity contribution >= 4 is 33.8 Å². The summed E-state index contributed by atoms with van der Waals surface area (Å²) in [6.45, 7) is 2.89. The van der Waals surface area contributed by atoms with Gasteiger partial charge in [0.1, 0.15) is 17.1 Å². The number of hydrogen-bond donors (Lipinski definition) is 3. The van der Waals surface area contributed by atoms with Crippen molar-refractivity contribution in [2.45, 2.75) is 69.4 Å². The Morgan fingerprint density at radius 2 is 1.85 bits per heavy atom. The molecular weight excluding hydrogens is 532 g/mol. The third-order valence-corrected chi connectivity index (χ3v) is 8.43. The molecule has 220 valence electrons. The summed E-state index contributed by atoms with van der Waals surface area (Å²) in [5, 5.41) is 22.8. The summed E-state index contributed by atoms with van der Waals surface area (Å²) < 4.78 is 23.4. The quantitative estimate of drug-likeness (QED) is 0.468. The summed E-state index contributed by atoms with van der Waals surface area (Å²) in [4.78, 5) is 43.3. The first kappa shape index (κ1) is 29.2. The van der Waals surface area contributed by atoms with Crippen molar-refractivity contribution in [3.63, 3.8) is 0 Å². The Balaban J connectivity index is 1.74. The fraction of sp³-hybridized carbons (Fsp3) is 0.500. The summed E-state index contributed by atoms with van der Waals surface area (Å²) in [5.41, 5.74) is 4.85. The van der Waals surface area contributed by atoms with Crippen molar-refractivity contribution in [3.8, 4) is 11.5 Å². The van der Waals surface area contributed by atoms with Crippen LogP contribution in [0, 0.1) is 0 Å². The summed E-state index contributed by atoms with van der Waals surface area (Å²) in [6, 6.07) is 4.66. The molecule has 4 N–H and O–H groups in total. The molecule has 6 atom stereocenters. The maximum atomic E-state index is 14.6. The van der Waals surface area contributed by atoms with Crippen LogP contribution in [-0.2, 0) is 14.3 Å². The first-order valence-electron chi connectivity index (χ1n) is 13.5. The lowest BCUT2D eigenvalue weighted by molar-refractivity contribution is -0.239. The molecule has 1 saturated heterocycles. The molecule has 41 heavy (non-hydrogen) atoms. The number of benzene rings is 2. The van der Waals surface area contributed by atoms with Gasteiger partial charge in [0.2, 0.25) is 0 Å². The largest absolute Gasteiger partial charge is 0.496 e. The van der Waals surface area contributed by atoms with E-state index in [1.54, 1.807) is 44.1 Å². The number of aliphatic hydroxyl groups is 2. The van der Waals surface area contributed by atoms with Gasteiger partial charge < -0.3 is 39.8 Å². The number of aliphatic hydroxyl groups excluding tert-OH is 1. The second kappa shape index (κ2) is 10.5. The average Bonchev–Trinajstić information content (AvgIpc) is 2.92. The van der Waals surface area contributed by atoms with Gasteiger partial charge in [0.15, 0.2) is 23.6 Å². The monoisotopic (exact) mass is 568 g/mol. The highest BCUT2D eigenvalue weighted by molar-refractivity contribution is 6.34. The van der Waals surface area contributed by atoms with Crippen molar-refractivity contribution < 1.29 is 43.5 Å². The minimum Gasteiger partial charge on any atom is -0.496 e. The van der Waals surface area contributed by atoms with Gasteiger partial charge in [0, 0.05) is 55.9 Å². The van der Waals surface area contributed by atoms with Crippen molar-refractivity contribution in [2.24, 2.45) is 5.73 Å². The van der Waals surface area contributed by atoms with Crippen LogP contribution in [0.15, 0.2) is 29.3 Å². The number of rotatable bonds is 6. The molecule has 11 heteroatoms. The van der Waals surface area contributed by atoms with Crippen LogP contribution >= 0.6 is 0 Å². The summed E-state index contributed by atoms with van der Waals surface area (Å²) in [6.07, 6.45) is -4.16. The van der Waals surface area contributed by atoms with Gasteiger partial charge >= 0.3 is 0 Å². The topological polar surface area (TPSA) is 158 Å². The van der Waals surface area contributed by atoms with Crippen LogP contribution in [0.1, 0.15) is 53.8 Å². The molecule has 4 unspecified atom stereocenters. The smallest absolute Gasteiger partial charge is 0.195 e. The number of anilines is 1. The molecule has 3 aliphatic rings. The van der Waals surface area contributed by atoms with E-state index in [9.17, 15) is 24.6 Å². The van der Waals surface area contributed by atoms with E-state index in [4.69, 9.17) is 24.7 Å². The van der Waals surface area contributed by atoms with Crippen LogP contribution < -0.4 is 20.1 Å². The molecule has 0 saturated carbocycles. The lowest BCUT2D eigenvalue weighted by Crippen LogP contribution is -2.54. The fourth-order valence-corrected chi connectivity index (χ4v) is 6.30. The Bertz CT molecular complexity index is 1470. The number of nitrogens with zero attached hydrogens (tertiary/aromatic N) is 1. The zero-order valence-corrected chi connectivity index (χ0v) is 24.0. The Morgan fingerprint density at radius 3 is 2.44 bits per heavy atom. The SMILES string of the molecule is COc1c2c(c(N(C)C)c3c(OC)cccc13)C(=O)C1=C(C[C@@](O)(C(C)=O)C[C@@H]1OC1CC(N)C(O)C(C)O1)C2=O. The molecule has 1 fully saturated rings. The van der Waals surface area contributed by atoms with Crippen molar-refractivity contribution in [1.82, 2.24) is 0 Å². The van der Waals surface area contributed by atoms with E-state index in [1.807, 2.05) is 0 Å². The minimum absolute atomic E-state index is 0.00473. The number of nitrogens with two attached hydrogens (primary N) is 1. The molecule has 0 radical (unpaired) electrons. The van der Waals surface area contributed by atoms with E-state index >= 15 is 0 Å². The number of carbonyl (C=O) groups excluding carboxylic acids is 3. The van der Waals surface area contributed by atoms with Gasteiger partial charge in [-0.05, 0) is 19.9 Å². The van der Waals surface area contributed by atoms with Crippen molar-refractivity contribution in [3.05, 3.63) is 40.5 Å². The van der Waals surface area contributed by atoms with E-state index in [-0.39, 0.29) is 47.3 Å². The van der Waals surface area contributed by atoms with Crippen molar-refractivity contribution in [2.75, 3.05) is 33.2 Å². The molecule has 0 amide bonds. The van der Waals surface area contributed by atoms with E-state index in [1.165, 1.54) is 21.1 Å². The molecule has 11 nitrogen and oxygen atoms in total. The first-order chi connectivity index (χ1) is 19.3. The van der Waals surface area contributed by atoms with E-state index in [2.05, 4.69) is 0 Å². The summed E-state index contributed by atoms with van der Waals surface area (Å²) in [7, 11) is 6.48. The zero-order valence-electron chi connectivity index (χ0n) is 24.0. The third-order valence-electron chi connectivity index (χ3n) is 8.43. The van der Waals surface area contributed by atoms with Crippen LogP contribution in [0.25, 0.3) is 10.8 Å². The van der Waals surface area contributed by atoms with Crippen LogP contribution in [0.5, 0.6) is 11.5 Å². The Morgan fingerprint density at radius 1 is 1.15 bits per heavy atom. The summed E-state index contributed by atoms with van der Waals surface area (Å²) in [5.74, 6) is -0.876. The Hall–Kier alpha value is -3.35. The maximum Gasteiger partial charge on any atom is 0.195 e. The second-order valence-corrected chi connectivity index (χ2v) is 11.2. The van der Waals surface area contributed by atoms with Gasteiger partial charge in [-0.2, -0.15) is 0 Å². The molecule has 0 spiro atoms. The highest BCUT2D eigenvalue weighted by Crippen LogP contribution is 2.51. The number of methoxy groups -OCH3 is 2. The Labute approximate surface area is 237 Å². The molecule has 2 aromatic rings. The number of ether oxygens (including phenoxy) is 4. The zero-order chi connectivity index (χ0) is 30.0. The van der Waals surface area contributed by atoms with Gasteiger partial charge in [-0.25, -0.2) is 0 Å². The standard InChI is InChI=1S/C30H36N2O9/c1-13-26(34)17(31)10-20(40-13)41-19-12-30(37,14(2)33)11-16-22(19)28(36)23-24(27(16)35)29(39-6)15-8-7-9-18(38-5)21(15)25(23)32(3)4/h7-9,13,17,19-20,26,34,37H,10-12,31H2,1-6H3/t13?,17?,19-,20?,26?,30-/m0/s1.